The Hall–Kier alpha value is -2.34. The van der Waals surface area contributed by atoms with Crippen molar-refractivity contribution in [3.8, 4) is 6.07 Å². The fourth-order valence-electron chi connectivity index (χ4n) is 1.10. The van der Waals surface area contributed by atoms with Crippen LogP contribution in [0.4, 0.5) is 0 Å². The van der Waals surface area contributed by atoms with E-state index in [1.54, 1.807) is 10.8 Å². The van der Waals surface area contributed by atoms with Gasteiger partial charge in [-0.15, -0.1) is 0 Å². The van der Waals surface area contributed by atoms with Gasteiger partial charge in [-0.25, -0.2) is 8.42 Å². The fourth-order valence-corrected chi connectivity index (χ4v) is 1.58. The molecule has 3 N–H and O–H groups in total. The standard InChI is InChI=1S/C9H10N4O4S/c1-18(16,17)13-8(14)5-12-9(15)6-2-7(3-10)11-4-6/h2,4,11H,5H2,1H3,(H,12,15)(H,13,14). The molecule has 0 saturated carbocycles. The first-order valence-corrected chi connectivity index (χ1v) is 6.58. The third-order valence-corrected chi connectivity index (χ3v) is 2.37. The van der Waals surface area contributed by atoms with Crippen LogP contribution in [0.1, 0.15) is 16.1 Å². The van der Waals surface area contributed by atoms with Crippen LogP contribution in [0.15, 0.2) is 12.3 Å². The van der Waals surface area contributed by atoms with Gasteiger partial charge >= 0.3 is 0 Å². The number of aromatic amines is 1. The highest BCUT2D eigenvalue weighted by Gasteiger charge is 2.12. The van der Waals surface area contributed by atoms with E-state index in [9.17, 15) is 18.0 Å². The van der Waals surface area contributed by atoms with E-state index in [2.05, 4.69) is 10.3 Å². The maximum atomic E-state index is 11.5. The van der Waals surface area contributed by atoms with Crippen molar-refractivity contribution in [2.45, 2.75) is 0 Å². The van der Waals surface area contributed by atoms with Crippen molar-refractivity contribution in [3.63, 3.8) is 0 Å². The van der Waals surface area contributed by atoms with Crippen LogP contribution in [-0.4, -0.2) is 38.0 Å². The number of nitrogens with zero attached hydrogens (tertiary/aromatic N) is 1. The van der Waals surface area contributed by atoms with Crippen LogP contribution >= 0.6 is 0 Å². The number of aromatic nitrogens is 1. The van der Waals surface area contributed by atoms with E-state index >= 15 is 0 Å². The van der Waals surface area contributed by atoms with Gasteiger partial charge in [0.15, 0.2) is 0 Å². The van der Waals surface area contributed by atoms with Gasteiger partial charge in [0.1, 0.15) is 11.8 Å². The summed E-state index contributed by atoms with van der Waals surface area (Å²) in [6.45, 7) is -0.473. The Kier molecular flexibility index (Phi) is 4.06. The molecule has 0 aliphatic heterocycles. The molecule has 0 atom stereocenters. The van der Waals surface area contributed by atoms with E-state index < -0.39 is 28.4 Å². The zero-order valence-corrected chi connectivity index (χ0v) is 10.2. The molecule has 0 fully saturated rings. The Morgan fingerprint density at radius 1 is 1.50 bits per heavy atom. The Morgan fingerprint density at radius 3 is 2.67 bits per heavy atom. The Bertz CT molecular complexity index is 611. The summed E-state index contributed by atoms with van der Waals surface area (Å²) in [6.07, 6.45) is 2.14. The van der Waals surface area contributed by atoms with Crippen molar-refractivity contribution in [1.29, 1.82) is 5.26 Å². The molecule has 9 heteroatoms. The van der Waals surface area contributed by atoms with E-state index in [-0.39, 0.29) is 11.3 Å². The minimum Gasteiger partial charge on any atom is -0.352 e. The summed E-state index contributed by atoms with van der Waals surface area (Å²) in [6, 6.07) is 3.11. The molecule has 1 aromatic heterocycles. The zero-order chi connectivity index (χ0) is 13.8. The SMILES string of the molecule is CS(=O)(=O)NC(=O)CNC(=O)c1c[nH]c(C#N)c1. The van der Waals surface area contributed by atoms with Crippen molar-refractivity contribution in [3.05, 3.63) is 23.5 Å². The van der Waals surface area contributed by atoms with Crippen LogP contribution < -0.4 is 10.0 Å². The maximum Gasteiger partial charge on any atom is 0.253 e. The first-order chi connectivity index (χ1) is 8.31. The number of rotatable bonds is 4. The van der Waals surface area contributed by atoms with Gasteiger partial charge < -0.3 is 10.3 Å². The molecule has 0 saturated heterocycles. The summed E-state index contributed by atoms with van der Waals surface area (Å²) in [7, 11) is -3.64. The summed E-state index contributed by atoms with van der Waals surface area (Å²) < 4.78 is 23.1. The summed E-state index contributed by atoms with van der Waals surface area (Å²) >= 11 is 0. The number of nitriles is 1. The summed E-state index contributed by atoms with van der Waals surface area (Å²) in [4.78, 5) is 25.1. The second-order valence-electron chi connectivity index (χ2n) is 3.39. The smallest absolute Gasteiger partial charge is 0.253 e. The average Bonchev–Trinajstić information content (AvgIpc) is 2.72. The maximum absolute atomic E-state index is 11.5. The van der Waals surface area contributed by atoms with Gasteiger partial charge in [0.2, 0.25) is 10.0 Å². The Labute approximate surface area is 103 Å². The molecule has 0 unspecified atom stereocenters. The fraction of sp³-hybridized carbons (Fsp3) is 0.222. The predicted octanol–water partition coefficient (Wildman–Crippen LogP) is -1.31. The van der Waals surface area contributed by atoms with E-state index in [4.69, 9.17) is 5.26 Å². The number of nitrogens with one attached hydrogen (secondary N) is 3. The van der Waals surface area contributed by atoms with Crippen molar-refractivity contribution < 1.29 is 18.0 Å². The van der Waals surface area contributed by atoms with E-state index in [1.165, 1.54) is 12.3 Å². The van der Waals surface area contributed by atoms with Crippen molar-refractivity contribution >= 4 is 21.8 Å². The third-order valence-electron chi connectivity index (χ3n) is 1.77. The van der Waals surface area contributed by atoms with Gasteiger partial charge in [-0.3, -0.25) is 14.3 Å². The topological polar surface area (TPSA) is 132 Å². The molecule has 0 aliphatic rings. The second kappa shape index (κ2) is 5.33. The summed E-state index contributed by atoms with van der Waals surface area (Å²) in [5.41, 5.74) is 0.388. The van der Waals surface area contributed by atoms with Crippen LogP contribution in [0.3, 0.4) is 0 Å². The molecule has 0 aromatic carbocycles. The molecular formula is C9H10N4O4S. The van der Waals surface area contributed by atoms with Gasteiger partial charge in [0.05, 0.1) is 18.4 Å². The molecule has 18 heavy (non-hydrogen) atoms. The van der Waals surface area contributed by atoms with Gasteiger partial charge in [-0.05, 0) is 6.07 Å². The highest BCUT2D eigenvalue weighted by Crippen LogP contribution is 2.01. The highest BCUT2D eigenvalue weighted by molar-refractivity contribution is 7.89. The average molecular weight is 270 g/mol. The van der Waals surface area contributed by atoms with E-state index in [1.807, 2.05) is 0 Å². The van der Waals surface area contributed by atoms with Crippen LogP contribution in [0.2, 0.25) is 0 Å². The van der Waals surface area contributed by atoms with E-state index in [0.717, 1.165) is 6.26 Å². The lowest BCUT2D eigenvalue weighted by atomic mass is 10.3. The molecule has 0 aliphatic carbocycles. The van der Waals surface area contributed by atoms with Crippen LogP contribution in [-0.2, 0) is 14.8 Å². The minimum atomic E-state index is -3.64. The molecular weight excluding hydrogens is 260 g/mol. The number of hydrogen-bond donors (Lipinski definition) is 3. The lowest BCUT2D eigenvalue weighted by Crippen LogP contribution is -2.39. The predicted molar refractivity (Wildman–Crippen MR) is 60.8 cm³/mol. The highest BCUT2D eigenvalue weighted by atomic mass is 32.2. The number of sulfonamides is 1. The molecule has 0 bridgehead atoms. The lowest BCUT2D eigenvalue weighted by molar-refractivity contribution is -0.118. The Morgan fingerprint density at radius 2 is 2.17 bits per heavy atom. The molecule has 0 spiro atoms. The monoisotopic (exact) mass is 270 g/mol. The van der Waals surface area contributed by atoms with E-state index in [0.29, 0.717) is 0 Å². The van der Waals surface area contributed by atoms with Crippen molar-refractivity contribution in [2.24, 2.45) is 0 Å². The minimum absolute atomic E-state index is 0.179. The first kappa shape index (κ1) is 13.7. The zero-order valence-electron chi connectivity index (χ0n) is 9.35. The number of carbonyl (C=O) groups excluding carboxylic acids is 2. The number of hydrogen-bond acceptors (Lipinski definition) is 5. The second-order valence-corrected chi connectivity index (χ2v) is 5.14. The van der Waals surface area contributed by atoms with Gasteiger partial charge in [0.25, 0.3) is 11.8 Å². The molecule has 2 amide bonds. The number of carbonyl (C=O) groups is 2. The van der Waals surface area contributed by atoms with Crippen LogP contribution in [0, 0.1) is 11.3 Å². The molecule has 96 valence electrons. The summed E-state index contributed by atoms with van der Waals surface area (Å²) in [5.74, 6) is -1.43. The number of amides is 2. The molecule has 1 aromatic rings. The van der Waals surface area contributed by atoms with Crippen LogP contribution in [0.5, 0.6) is 0 Å². The van der Waals surface area contributed by atoms with Gasteiger partial charge in [-0.1, -0.05) is 0 Å². The first-order valence-electron chi connectivity index (χ1n) is 4.69. The normalized spacial score (nSPS) is 10.4. The largest absolute Gasteiger partial charge is 0.352 e. The lowest BCUT2D eigenvalue weighted by Gasteiger charge is -2.03. The molecule has 0 radical (unpaired) electrons. The van der Waals surface area contributed by atoms with Crippen LogP contribution in [0.25, 0.3) is 0 Å². The quantitative estimate of drug-likeness (QED) is 0.625. The molecule has 1 heterocycles. The van der Waals surface area contributed by atoms with Crippen molar-refractivity contribution in [2.75, 3.05) is 12.8 Å². The Balaban J connectivity index is 2.52. The van der Waals surface area contributed by atoms with Gasteiger partial charge in [-0.2, -0.15) is 5.26 Å². The third kappa shape index (κ3) is 4.26. The molecule has 1 rings (SSSR count). The number of H-pyrrole nitrogens is 1. The van der Waals surface area contributed by atoms with Crippen molar-refractivity contribution in [1.82, 2.24) is 15.0 Å². The summed E-state index contributed by atoms with van der Waals surface area (Å²) in [5, 5.41) is 10.7. The molecule has 8 nitrogen and oxygen atoms in total. The van der Waals surface area contributed by atoms with Gasteiger partial charge in [0, 0.05) is 6.20 Å².